The van der Waals surface area contributed by atoms with E-state index < -0.39 is 0 Å². The van der Waals surface area contributed by atoms with Crippen LogP contribution in [0.25, 0.3) is 0 Å². The van der Waals surface area contributed by atoms with E-state index >= 15 is 0 Å². The monoisotopic (exact) mass is 252 g/mol. The van der Waals surface area contributed by atoms with E-state index in [1.54, 1.807) is 0 Å². The summed E-state index contributed by atoms with van der Waals surface area (Å²) in [4.78, 5) is 0. The van der Waals surface area contributed by atoms with E-state index in [-0.39, 0.29) is 0 Å². The van der Waals surface area contributed by atoms with Crippen molar-refractivity contribution in [2.24, 2.45) is 5.92 Å². The summed E-state index contributed by atoms with van der Waals surface area (Å²) in [5.74, 6) is 1.48. The number of thiocarbonyl (C=S) groups is 1. The predicted molar refractivity (Wildman–Crippen MR) is 75.4 cm³/mol. The molecular weight excluding hydrogens is 232 g/mol. The van der Waals surface area contributed by atoms with Gasteiger partial charge in [0.1, 0.15) is 12.4 Å². The Kier molecular flexibility index (Phi) is 6.40. The second kappa shape index (κ2) is 7.90. The van der Waals surface area contributed by atoms with Crippen LogP contribution in [0.5, 0.6) is 5.75 Å². The molecule has 2 N–H and O–H groups in total. The quantitative estimate of drug-likeness (QED) is 0.600. The molecule has 0 atom stereocenters. The van der Waals surface area contributed by atoms with Gasteiger partial charge in [-0.1, -0.05) is 32.0 Å². The van der Waals surface area contributed by atoms with Crippen molar-refractivity contribution in [1.29, 1.82) is 0 Å². The van der Waals surface area contributed by atoms with Gasteiger partial charge < -0.3 is 15.4 Å². The Morgan fingerprint density at radius 3 is 2.59 bits per heavy atom. The third kappa shape index (κ3) is 6.79. The first-order valence-electron chi connectivity index (χ1n) is 5.88. The van der Waals surface area contributed by atoms with Gasteiger partial charge in [-0.05, 0) is 30.3 Å². The van der Waals surface area contributed by atoms with Gasteiger partial charge in [0.15, 0.2) is 5.11 Å². The molecule has 0 fully saturated rings. The largest absolute Gasteiger partial charge is 0.492 e. The second-order valence-corrected chi connectivity index (χ2v) is 4.60. The minimum atomic E-state index is 0.593. The molecule has 1 aromatic rings. The summed E-state index contributed by atoms with van der Waals surface area (Å²) >= 11 is 5.12. The van der Waals surface area contributed by atoms with Gasteiger partial charge in [0.25, 0.3) is 0 Å². The summed E-state index contributed by atoms with van der Waals surface area (Å²) in [5, 5.41) is 6.94. The average molecular weight is 252 g/mol. The van der Waals surface area contributed by atoms with Crippen LogP contribution in [0.4, 0.5) is 0 Å². The SMILES string of the molecule is CC(C)CNC(=S)NCCOc1ccccc1. The van der Waals surface area contributed by atoms with Crippen LogP contribution in [-0.4, -0.2) is 24.8 Å². The van der Waals surface area contributed by atoms with E-state index in [0.29, 0.717) is 24.2 Å². The smallest absolute Gasteiger partial charge is 0.166 e. The van der Waals surface area contributed by atoms with Gasteiger partial charge in [0.05, 0.1) is 6.54 Å². The number of rotatable bonds is 6. The van der Waals surface area contributed by atoms with Crippen molar-refractivity contribution < 1.29 is 4.74 Å². The molecule has 0 aliphatic carbocycles. The second-order valence-electron chi connectivity index (χ2n) is 4.19. The van der Waals surface area contributed by atoms with Gasteiger partial charge in [0.2, 0.25) is 0 Å². The molecule has 4 heteroatoms. The Hall–Kier alpha value is -1.29. The molecule has 94 valence electrons. The zero-order chi connectivity index (χ0) is 12.5. The molecule has 0 unspecified atom stereocenters. The van der Waals surface area contributed by atoms with Crippen LogP contribution in [0.15, 0.2) is 30.3 Å². The molecule has 0 amide bonds. The Bertz CT molecular complexity index is 327. The normalized spacial score (nSPS) is 10.1. The summed E-state index contributed by atoms with van der Waals surface area (Å²) < 4.78 is 5.53. The molecule has 0 saturated heterocycles. The fourth-order valence-corrected chi connectivity index (χ4v) is 1.39. The molecule has 0 bridgehead atoms. The first kappa shape index (κ1) is 13.8. The number of para-hydroxylation sites is 1. The third-order valence-electron chi connectivity index (χ3n) is 2.07. The van der Waals surface area contributed by atoms with Crippen LogP contribution >= 0.6 is 12.2 Å². The molecular formula is C13H20N2OS. The lowest BCUT2D eigenvalue weighted by atomic mass is 10.2. The zero-order valence-electron chi connectivity index (χ0n) is 10.4. The van der Waals surface area contributed by atoms with E-state index in [1.807, 2.05) is 30.3 Å². The van der Waals surface area contributed by atoms with Crippen molar-refractivity contribution in [1.82, 2.24) is 10.6 Å². The van der Waals surface area contributed by atoms with Gasteiger partial charge >= 0.3 is 0 Å². The molecule has 1 rings (SSSR count). The van der Waals surface area contributed by atoms with Crippen molar-refractivity contribution in [3.8, 4) is 5.75 Å². The van der Waals surface area contributed by atoms with Gasteiger partial charge in [-0.25, -0.2) is 0 Å². The first-order chi connectivity index (χ1) is 8.18. The molecule has 0 aliphatic heterocycles. The minimum Gasteiger partial charge on any atom is -0.492 e. The van der Waals surface area contributed by atoms with Crippen LogP contribution in [-0.2, 0) is 0 Å². The van der Waals surface area contributed by atoms with E-state index in [0.717, 1.165) is 12.3 Å². The molecule has 1 aromatic carbocycles. The summed E-state index contributed by atoms with van der Waals surface area (Å²) in [6.07, 6.45) is 0. The van der Waals surface area contributed by atoms with Crippen LogP contribution in [0.2, 0.25) is 0 Å². The number of nitrogens with one attached hydrogen (secondary N) is 2. The van der Waals surface area contributed by atoms with Gasteiger partial charge in [-0.15, -0.1) is 0 Å². The maximum Gasteiger partial charge on any atom is 0.166 e. The number of hydrogen-bond donors (Lipinski definition) is 2. The van der Waals surface area contributed by atoms with Crippen LogP contribution < -0.4 is 15.4 Å². The maximum atomic E-state index is 5.53. The highest BCUT2D eigenvalue weighted by Gasteiger charge is 1.97. The van der Waals surface area contributed by atoms with Gasteiger partial charge in [-0.2, -0.15) is 0 Å². The Morgan fingerprint density at radius 2 is 1.94 bits per heavy atom. The Balaban J connectivity index is 2.06. The number of hydrogen-bond acceptors (Lipinski definition) is 2. The summed E-state index contributed by atoms with van der Waals surface area (Å²) in [6.45, 7) is 6.50. The van der Waals surface area contributed by atoms with Crippen molar-refractivity contribution in [3.05, 3.63) is 30.3 Å². The van der Waals surface area contributed by atoms with Crippen molar-refractivity contribution in [2.45, 2.75) is 13.8 Å². The molecule has 0 radical (unpaired) electrons. The van der Waals surface area contributed by atoms with Crippen molar-refractivity contribution >= 4 is 17.3 Å². The number of benzene rings is 1. The van der Waals surface area contributed by atoms with E-state index in [9.17, 15) is 0 Å². The predicted octanol–water partition coefficient (Wildman–Crippen LogP) is 2.19. The van der Waals surface area contributed by atoms with E-state index in [2.05, 4.69) is 24.5 Å². The summed E-state index contributed by atoms with van der Waals surface area (Å²) in [6, 6.07) is 9.76. The zero-order valence-corrected chi connectivity index (χ0v) is 11.2. The van der Waals surface area contributed by atoms with Crippen LogP contribution in [0.3, 0.4) is 0 Å². The molecule has 0 aliphatic rings. The Labute approximate surface area is 109 Å². The summed E-state index contributed by atoms with van der Waals surface area (Å²) in [7, 11) is 0. The fraction of sp³-hybridized carbons (Fsp3) is 0.462. The van der Waals surface area contributed by atoms with Gasteiger partial charge in [0, 0.05) is 6.54 Å². The lowest BCUT2D eigenvalue weighted by Crippen LogP contribution is -2.39. The average Bonchev–Trinajstić information content (AvgIpc) is 2.33. The molecule has 0 heterocycles. The highest BCUT2D eigenvalue weighted by atomic mass is 32.1. The molecule has 0 spiro atoms. The summed E-state index contributed by atoms with van der Waals surface area (Å²) in [5.41, 5.74) is 0. The third-order valence-corrected chi connectivity index (χ3v) is 2.36. The molecule has 0 aromatic heterocycles. The fourth-order valence-electron chi connectivity index (χ4n) is 1.21. The standard InChI is InChI=1S/C13H20N2OS/c1-11(2)10-15-13(17)14-8-9-16-12-6-4-3-5-7-12/h3-7,11H,8-10H2,1-2H3,(H2,14,15,17). The maximum absolute atomic E-state index is 5.53. The molecule has 17 heavy (non-hydrogen) atoms. The van der Waals surface area contributed by atoms with Crippen LogP contribution in [0.1, 0.15) is 13.8 Å². The lowest BCUT2D eigenvalue weighted by molar-refractivity contribution is 0.322. The Morgan fingerprint density at radius 1 is 1.24 bits per heavy atom. The van der Waals surface area contributed by atoms with E-state index in [1.165, 1.54) is 0 Å². The topological polar surface area (TPSA) is 33.3 Å². The highest BCUT2D eigenvalue weighted by Crippen LogP contribution is 2.07. The molecule has 0 saturated carbocycles. The van der Waals surface area contributed by atoms with E-state index in [4.69, 9.17) is 17.0 Å². The van der Waals surface area contributed by atoms with Gasteiger partial charge in [-0.3, -0.25) is 0 Å². The van der Waals surface area contributed by atoms with Crippen molar-refractivity contribution in [3.63, 3.8) is 0 Å². The first-order valence-corrected chi connectivity index (χ1v) is 6.29. The van der Waals surface area contributed by atoms with Crippen LogP contribution in [0, 0.1) is 5.92 Å². The van der Waals surface area contributed by atoms with Crippen molar-refractivity contribution in [2.75, 3.05) is 19.7 Å². The lowest BCUT2D eigenvalue weighted by Gasteiger charge is -2.12. The number of ether oxygens (including phenoxy) is 1. The highest BCUT2D eigenvalue weighted by molar-refractivity contribution is 7.80. The minimum absolute atomic E-state index is 0.593. The molecule has 3 nitrogen and oxygen atoms in total.